The Balaban J connectivity index is 1.71. The summed E-state index contributed by atoms with van der Waals surface area (Å²) in [5, 5.41) is 13.4. The van der Waals surface area contributed by atoms with E-state index in [-0.39, 0.29) is 18.0 Å². The van der Waals surface area contributed by atoms with E-state index >= 15 is 0 Å². The summed E-state index contributed by atoms with van der Waals surface area (Å²) in [4.78, 5) is 41.7. The Hall–Kier alpha value is -3.24. The molecule has 9 nitrogen and oxygen atoms in total. The van der Waals surface area contributed by atoms with Crippen LogP contribution in [0.15, 0.2) is 59.6 Å². The summed E-state index contributed by atoms with van der Waals surface area (Å²) in [5.74, 6) is -0.630. The van der Waals surface area contributed by atoms with Gasteiger partial charge in [0.1, 0.15) is 5.25 Å². The summed E-state index contributed by atoms with van der Waals surface area (Å²) in [6.07, 6.45) is -0.0799. The normalized spacial score (nSPS) is 17.4. The molecule has 1 aliphatic heterocycles. The molecule has 1 heterocycles. The number of anilines is 1. The van der Waals surface area contributed by atoms with E-state index in [0.29, 0.717) is 29.7 Å². The van der Waals surface area contributed by atoms with Crippen molar-refractivity contribution in [1.29, 1.82) is 0 Å². The molecule has 2 aromatic rings. The van der Waals surface area contributed by atoms with Crippen LogP contribution in [0, 0.1) is 10.1 Å². The lowest BCUT2D eigenvalue weighted by Crippen LogP contribution is -2.35. The van der Waals surface area contributed by atoms with E-state index in [1.54, 1.807) is 13.2 Å². The van der Waals surface area contributed by atoms with Crippen LogP contribution in [0.25, 0.3) is 0 Å². The van der Waals surface area contributed by atoms with Crippen LogP contribution in [0.1, 0.15) is 6.42 Å². The highest BCUT2D eigenvalue weighted by Crippen LogP contribution is 2.31. The fourth-order valence-corrected chi connectivity index (χ4v) is 3.99. The number of thioether (sulfide) groups is 1. The quantitative estimate of drug-likeness (QED) is 0.510. The van der Waals surface area contributed by atoms with Crippen molar-refractivity contribution in [2.45, 2.75) is 11.7 Å². The number of hydrogen-bond acceptors (Lipinski definition) is 7. The Labute approximate surface area is 177 Å². The minimum absolute atomic E-state index is 0.0799. The average Bonchev–Trinajstić information content (AvgIpc) is 3.01. The minimum Gasteiger partial charge on any atom is -0.383 e. The number of nitro benzene ring substituents is 1. The minimum atomic E-state index is -0.636. The second-order valence-corrected chi connectivity index (χ2v) is 7.55. The first kappa shape index (κ1) is 21.5. The third-order valence-corrected chi connectivity index (χ3v) is 5.41. The molecule has 2 aromatic carbocycles. The number of aliphatic imine (C=N–C) groups is 1. The molecular weight excluding hydrogens is 408 g/mol. The van der Waals surface area contributed by atoms with Gasteiger partial charge in [0.05, 0.1) is 23.8 Å². The molecule has 0 saturated carbocycles. The molecule has 3 rings (SSSR count). The van der Waals surface area contributed by atoms with Gasteiger partial charge in [-0.15, -0.1) is 0 Å². The molecule has 1 fully saturated rings. The second kappa shape index (κ2) is 9.99. The van der Waals surface area contributed by atoms with Gasteiger partial charge < -0.3 is 10.1 Å². The molecule has 0 bridgehead atoms. The Kier molecular flexibility index (Phi) is 7.15. The molecule has 0 spiro atoms. The molecule has 0 radical (unpaired) electrons. The molecule has 30 heavy (non-hydrogen) atoms. The second-order valence-electron chi connectivity index (χ2n) is 6.38. The number of ether oxygens (including phenoxy) is 1. The predicted molar refractivity (Wildman–Crippen MR) is 115 cm³/mol. The predicted octanol–water partition coefficient (Wildman–Crippen LogP) is 3.20. The van der Waals surface area contributed by atoms with Crippen LogP contribution < -0.4 is 5.32 Å². The highest BCUT2D eigenvalue weighted by atomic mass is 32.2. The highest BCUT2D eigenvalue weighted by molar-refractivity contribution is 8.15. The van der Waals surface area contributed by atoms with Crippen LogP contribution in [0.2, 0.25) is 0 Å². The molecule has 1 atom stereocenters. The number of benzene rings is 2. The number of rotatable bonds is 8. The molecule has 1 aliphatic rings. The van der Waals surface area contributed by atoms with Crippen LogP contribution in [-0.2, 0) is 14.3 Å². The van der Waals surface area contributed by atoms with Gasteiger partial charge in [-0.05, 0) is 18.2 Å². The third kappa shape index (κ3) is 5.43. The third-order valence-electron chi connectivity index (χ3n) is 4.23. The molecule has 10 heteroatoms. The summed E-state index contributed by atoms with van der Waals surface area (Å²) >= 11 is 1.22. The molecular formula is C20H20N4O5S. The van der Waals surface area contributed by atoms with Crippen molar-refractivity contribution in [2.75, 3.05) is 25.6 Å². The van der Waals surface area contributed by atoms with Crippen molar-refractivity contribution >= 4 is 45.8 Å². The summed E-state index contributed by atoms with van der Waals surface area (Å²) < 4.78 is 5.08. The van der Waals surface area contributed by atoms with E-state index in [4.69, 9.17) is 4.74 Å². The zero-order chi connectivity index (χ0) is 21.5. The Morgan fingerprint density at radius 2 is 2.03 bits per heavy atom. The number of carbonyl (C=O) groups excluding carboxylic acids is 2. The van der Waals surface area contributed by atoms with Crippen molar-refractivity contribution in [2.24, 2.45) is 4.99 Å². The van der Waals surface area contributed by atoms with Gasteiger partial charge in [-0.3, -0.25) is 24.6 Å². The number of amidine groups is 1. The van der Waals surface area contributed by atoms with Crippen molar-refractivity contribution in [1.82, 2.24) is 4.90 Å². The lowest BCUT2D eigenvalue weighted by molar-refractivity contribution is -0.384. The first-order valence-electron chi connectivity index (χ1n) is 9.13. The Morgan fingerprint density at radius 1 is 1.27 bits per heavy atom. The maximum absolute atomic E-state index is 12.8. The van der Waals surface area contributed by atoms with E-state index < -0.39 is 16.1 Å². The van der Waals surface area contributed by atoms with Gasteiger partial charge in [0.15, 0.2) is 5.17 Å². The largest absolute Gasteiger partial charge is 0.383 e. The van der Waals surface area contributed by atoms with Crippen molar-refractivity contribution in [3.63, 3.8) is 0 Å². The molecule has 0 aromatic heterocycles. The van der Waals surface area contributed by atoms with E-state index in [9.17, 15) is 19.7 Å². The van der Waals surface area contributed by atoms with Crippen LogP contribution in [0.4, 0.5) is 17.1 Å². The van der Waals surface area contributed by atoms with Crippen molar-refractivity contribution in [3.8, 4) is 0 Å². The molecule has 0 unspecified atom stereocenters. The number of nitrogens with zero attached hydrogens (tertiary/aromatic N) is 3. The summed E-state index contributed by atoms with van der Waals surface area (Å²) in [7, 11) is 1.55. The van der Waals surface area contributed by atoms with Gasteiger partial charge in [-0.2, -0.15) is 0 Å². The summed E-state index contributed by atoms with van der Waals surface area (Å²) in [6.45, 7) is 0.670. The Bertz CT molecular complexity index is 967. The van der Waals surface area contributed by atoms with Gasteiger partial charge in [0.25, 0.3) is 5.69 Å². The summed E-state index contributed by atoms with van der Waals surface area (Å²) in [5.41, 5.74) is 0.887. The SMILES string of the molecule is COCCN1C(=O)[C@H](CC(=O)Nc2cccc([N+](=O)[O-])c2)SC1=Nc1ccccc1. The number of nitro groups is 1. The fourth-order valence-electron chi connectivity index (χ4n) is 2.80. The van der Waals surface area contributed by atoms with Crippen molar-refractivity contribution < 1.29 is 19.2 Å². The van der Waals surface area contributed by atoms with E-state index in [1.165, 1.54) is 34.9 Å². The van der Waals surface area contributed by atoms with Crippen LogP contribution in [-0.4, -0.2) is 52.3 Å². The smallest absolute Gasteiger partial charge is 0.271 e. The molecule has 0 aliphatic carbocycles. The Morgan fingerprint density at radius 3 is 2.73 bits per heavy atom. The average molecular weight is 428 g/mol. The topological polar surface area (TPSA) is 114 Å². The molecule has 1 saturated heterocycles. The van der Waals surface area contributed by atoms with Gasteiger partial charge in [-0.1, -0.05) is 36.0 Å². The van der Waals surface area contributed by atoms with Crippen LogP contribution in [0.3, 0.4) is 0 Å². The number of amides is 2. The lowest BCUT2D eigenvalue weighted by Gasteiger charge is -2.15. The monoisotopic (exact) mass is 428 g/mol. The van der Waals surface area contributed by atoms with E-state index in [1.807, 2.05) is 30.3 Å². The van der Waals surface area contributed by atoms with E-state index in [2.05, 4.69) is 10.3 Å². The number of non-ortho nitro benzene ring substituents is 1. The number of methoxy groups -OCH3 is 1. The maximum Gasteiger partial charge on any atom is 0.271 e. The van der Waals surface area contributed by atoms with Crippen LogP contribution >= 0.6 is 11.8 Å². The number of para-hydroxylation sites is 1. The van der Waals surface area contributed by atoms with Crippen LogP contribution in [0.5, 0.6) is 0 Å². The molecule has 2 amide bonds. The first-order chi connectivity index (χ1) is 14.5. The molecule has 156 valence electrons. The fraction of sp³-hybridized carbons (Fsp3) is 0.250. The number of hydrogen-bond donors (Lipinski definition) is 1. The van der Waals surface area contributed by atoms with E-state index in [0.717, 1.165) is 0 Å². The summed E-state index contributed by atoms with van der Waals surface area (Å²) in [6, 6.07) is 14.9. The zero-order valence-corrected chi connectivity index (χ0v) is 17.0. The van der Waals surface area contributed by atoms with Crippen molar-refractivity contribution in [3.05, 3.63) is 64.7 Å². The van der Waals surface area contributed by atoms with Gasteiger partial charge >= 0.3 is 0 Å². The number of nitrogens with one attached hydrogen (secondary N) is 1. The lowest BCUT2D eigenvalue weighted by atomic mass is 10.2. The van der Waals surface area contributed by atoms with Gasteiger partial charge in [0.2, 0.25) is 11.8 Å². The molecule has 1 N–H and O–H groups in total. The highest BCUT2D eigenvalue weighted by Gasteiger charge is 2.39. The number of carbonyl (C=O) groups is 2. The maximum atomic E-state index is 12.8. The van der Waals surface area contributed by atoms with Gasteiger partial charge in [0, 0.05) is 31.4 Å². The first-order valence-corrected chi connectivity index (χ1v) is 10.0. The zero-order valence-electron chi connectivity index (χ0n) is 16.2. The standard InChI is InChI=1S/C20H20N4O5S/c1-29-11-10-23-19(26)17(30-20(23)22-14-6-3-2-4-7-14)13-18(25)21-15-8-5-9-16(12-15)24(27)28/h2-9,12,17H,10-11,13H2,1H3,(H,21,25)/t17-/m0/s1. The van der Waals surface area contributed by atoms with Gasteiger partial charge in [-0.25, -0.2) is 4.99 Å².